The highest BCUT2D eigenvalue weighted by molar-refractivity contribution is 7.80. The van der Waals surface area contributed by atoms with Crippen molar-refractivity contribution in [2.24, 2.45) is 0 Å². The van der Waals surface area contributed by atoms with Crippen molar-refractivity contribution in [3.05, 3.63) is 50.5 Å². The predicted octanol–water partition coefficient (Wildman–Crippen LogP) is 4.88. The molecule has 0 aliphatic rings. The molecule has 0 heterocycles. The van der Waals surface area contributed by atoms with Gasteiger partial charge in [0.05, 0.1) is 24.7 Å². The number of benzene rings is 2. The van der Waals surface area contributed by atoms with E-state index >= 15 is 0 Å². The van der Waals surface area contributed by atoms with E-state index in [-0.39, 0.29) is 21.4 Å². The molecule has 0 aromatic heterocycles. The minimum Gasteiger partial charge on any atom is -0.490 e. The second-order valence-electron chi connectivity index (χ2n) is 6.38. The van der Waals surface area contributed by atoms with Gasteiger partial charge in [-0.25, -0.2) is 0 Å². The smallest absolute Gasteiger partial charge is 0.288 e. The fourth-order valence-corrected chi connectivity index (χ4v) is 3.22. The van der Waals surface area contributed by atoms with Crippen molar-refractivity contribution < 1.29 is 23.9 Å². The van der Waals surface area contributed by atoms with Gasteiger partial charge in [0.2, 0.25) is 5.75 Å². The minimum absolute atomic E-state index is 0.00664. The van der Waals surface area contributed by atoms with Crippen LogP contribution in [0.5, 0.6) is 17.2 Å². The molecule has 0 atom stereocenters. The van der Waals surface area contributed by atoms with Gasteiger partial charge in [-0.15, -0.1) is 0 Å². The van der Waals surface area contributed by atoms with Crippen molar-refractivity contribution >= 4 is 46.2 Å². The summed E-state index contributed by atoms with van der Waals surface area (Å²) in [6.07, 6.45) is 0. The Labute approximate surface area is 196 Å². The Balaban J connectivity index is 2.25. The van der Waals surface area contributed by atoms with E-state index in [2.05, 4.69) is 10.6 Å². The lowest BCUT2D eigenvalue weighted by molar-refractivity contribution is -0.384. The van der Waals surface area contributed by atoms with Gasteiger partial charge in [-0.3, -0.25) is 20.2 Å². The molecule has 0 unspecified atom stereocenters. The number of carbonyl (C=O) groups excluding carboxylic acids is 1. The van der Waals surface area contributed by atoms with Crippen LogP contribution in [-0.2, 0) is 0 Å². The van der Waals surface area contributed by atoms with E-state index in [9.17, 15) is 14.9 Å². The second-order valence-corrected chi connectivity index (χ2v) is 7.20. The second kappa shape index (κ2) is 11.5. The Hall–Kier alpha value is -3.11. The summed E-state index contributed by atoms with van der Waals surface area (Å²) in [7, 11) is 0. The quantitative estimate of drug-likeness (QED) is 0.296. The fourth-order valence-electron chi connectivity index (χ4n) is 2.79. The molecule has 9 nitrogen and oxygen atoms in total. The lowest BCUT2D eigenvalue weighted by atomic mass is 10.1. The zero-order valence-corrected chi connectivity index (χ0v) is 19.7. The maximum atomic E-state index is 12.8. The van der Waals surface area contributed by atoms with Gasteiger partial charge in [-0.2, -0.15) is 0 Å². The highest BCUT2D eigenvalue weighted by atomic mass is 35.5. The van der Waals surface area contributed by atoms with Crippen LogP contribution in [0.15, 0.2) is 24.3 Å². The van der Waals surface area contributed by atoms with Gasteiger partial charge in [-0.05, 0) is 63.7 Å². The molecule has 0 saturated carbocycles. The van der Waals surface area contributed by atoms with Gasteiger partial charge < -0.3 is 19.5 Å². The number of halogens is 1. The summed E-state index contributed by atoms with van der Waals surface area (Å²) < 4.78 is 16.9. The fraction of sp³-hybridized carbons (Fsp3) is 0.333. The van der Waals surface area contributed by atoms with Gasteiger partial charge in [0.25, 0.3) is 11.6 Å². The number of nitrogens with one attached hydrogen (secondary N) is 2. The highest BCUT2D eigenvalue weighted by Crippen LogP contribution is 2.39. The molecule has 2 aromatic carbocycles. The van der Waals surface area contributed by atoms with Gasteiger partial charge in [0, 0.05) is 17.3 Å². The maximum Gasteiger partial charge on any atom is 0.288 e. The number of hydrogen-bond acceptors (Lipinski definition) is 7. The molecule has 0 aliphatic heterocycles. The molecule has 2 N–H and O–H groups in total. The van der Waals surface area contributed by atoms with Crippen LogP contribution >= 0.6 is 23.8 Å². The van der Waals surface area contributed by atoms with Crippen molar-refractivity contribution in [2.75, 3.05) is 25.1 Å². The van der Waals surface area contributed by atoms with E-state index in [1.165, 1.54) is 12.1 Å². The molecular formula is C21H24ClN3O6S. The topological polar surface area (TPSA) is 112 Å². The van der Waals surface area contributed by atoms with Crippen LogP contribution in [0.2, 0.25) is 5.02 Å². The summed E-state index contributed by atoms with van der Waals surface area (Å²) >= 11 is 11.2. The lowest BCUT2D eigenvalue weighted by Gasteiger charge is -2.17. The largest absolute Gasteiger partial charge is 0.490 e. The third kappa shape index (κ3) is 6.21. The van der Waals surface area contributed by atoms with Crippen LogP contribution in [0, 0.1) is 17.0 Å². The molecule has 0 radical (unpaired) electrons. The number of carbonyl (C=O) groups is 1. The summed E-state index contributed by atoms with van der Waals surface area (Å²) in [5, 5.41) is 16.4. The van der Waals surface area contributed by atoms with E-state index < -0.39 is 10.8 Å². The lowest BCUT2D eigenvalue weighted by Crippen LogP contribution is -2.34. The number of aryl methyl sites for hydroxylation is 1. The Morgan fingerprint density at radius 1 is 1.06 bits per heavy atom. The Morgan fingerprint density at radius 3 is 2.12 bits per heavy atom. The average molecular weight is 482 g/mol. The number of ether oxygens (including phenoxy) is 3. The summed E-state index contributed by atoms with van der Waals surface area (Å²) in [4.78, 5) is 23.3. The van der Waals surface area contributed by atoms with E-state index in [0.29, 0.717) is 48.3 Å². The maximum absolute atomic E-state index is 12.8. The monoisotopic (exact) mass is 481 g/mol. The van der Waals surface area contributed by atoms with Crippen LogP contribution in [0.3, 0.4) is 0 Å². The van der Waals surface area contributed by atoms with Crippen molar-refractivity contribution in [3.8, 4) is 17.2 Å². The predicted molar refractivity (Wildman–Crippen MR) is 126 cm³/mol. The van der Waals surface area contributed by atoms with Crippen molar-refractivity contribution in [2.45, 2.75) is 27.7 Å². The number of nitro groups is 1. The van der Waals surface area contributed by atoms with Crippen molar-refractivity contribution in [3.63, 3.8) is 0 Å². The average Bonchev–Trinajstić information content (AvgIpc) is 2.72. The third-order valence-corrected chi connectivity index (χ3v) is 4.64. The summed E-state index contributed by atoms with van der Waals surface area (Å²) in [5.74, 6) is 0.673. The molecular weight excluding hydrogens is 458 g/mol. The molecule has 2 aromatic rings. The molecule has 0 bridgehead atoms. The SMILES string of the molecule is CCOc1cc(C(=O)NC(=S)Nc2cc(Cl)c([N+](=O)[O-])cc2C)cc(OCC)c1OCC. The normalized spacial score (nSPS) is 10.3. The molecule has 0 fully saturated rings. The first-order valence-corrected chi connectivity index (χ1v) is 10.6. The number of nitro benzene ring substituents is 1. The first kappa shape index (κ1) is 25.2. The molecule has 1 amide bonds. The van der Waals surface area contributed by atoms with Gasteiger partial charge in [0.15, 0.2) is 16.6 Å². The van der Waals surface area contributed by atoms with E-state index in [0.717, 1.165) is 0 Å². The molecule has 11 heteroatoms. The number of hydrogen-bond donors (Lipinski definition) is 2. The van der Waals surface area contributed by atoms with Crippen LogP contribution in [0.1, 0.15) is 36.7 Å². The highest BCUT2D eigenvalue weighted by Gasteiger charge is 2.20. The Morgan fingerprint density at radius 2 is 1.62 bits per heavy atom. The van der Waals surface area contributed by atoms with Crippen LogP contribution in [0.4, 0.5) is 11.4 Å². The Bertz CT molecular complexity index is 1000. The Kier molecular flexibility index (Phi) is 9.03. The van der Waals surface area contributed by atoms with Crippen LogP contribution in [-0.4, -0.2) is 35.8 Å². The molecule has 2 rings (SSSR count). The molecule has 32 heavy (non-hydrogen) atoms. The molecule has 0 saturated heterocycles. The zero-order chi connectivity index (χ0) is 23.8. The summed E-state index contributed by atoms with van der Waals surface area (Å²) in [5.41, 5.74) is 1.01. The van der Waals surface area contributed by atoms with E-state index in [1.54, 1.807) is 19.1 Å². The number of amides is 1. The molecule has 0 aliphatic carbocycles. The van der Waals surface area contributed by atoms with Crippen LogP contribution < -0.4 is 24.8 Å². The standard InChI is InChI=1S/C21H24ClN3O6S/c1-5-29-17-9-13(10-18(30-6-2)19(17)31-7-3)20(26)24-21(32)23-15-11-14(22)16(25(27)28)8-12(15)4/h8-11H,5-7H2,1-4H3,(H2,23,24,26,32). The molecule has 0 spiro atoms. The van der Waals surface area contributed by atoms with E-state index in [1.807, 2.05) is 20.8 Å². The third-order valence-electron chi connectivity index (χ3n) is 4.14. The summed E-state index contributed by atoms with van der Waals surface area (Å²) in [6.45, 7) is 8.28. The number of thiocarbonyl (C=S) groups is 1. The first-order valence-electron chi connectivity index (χ1n) is 9.85. The van der Waals surface area contributed by atoms with Gasteiger partial charge in [0.1, 0.15) is 5.02 Å². The minimum atomic E-state index is -0.572. The van der Waals surface area contributed by atoms with Gasteiger partial charge in [-0.1, -0.05) is 11.6 Å². The number of nitrogens with zero attached hydrogens (tertiary/aromatic N) is 1. The summed E-state index contributed by atoms with van der Waals surface area (Å²) in [6, 6.07) is 5.79. The zero-order valence-electron chi connectivity index (χ0n) is 18.1. The number of anilines is 1. The van der Waals surface area contributed by atoms with Crippen molar-refractivity contribution in [1.82, 2.24) is 5.32 Å². The van der Waals surface area contributed by atoms with E-state index in [4.69, 9.17) is 38.0 Å². The first-order chi connectivity index (χ1) is 15.2. The van der Waals surface area contributed by atoms with Crippen molar-refractivity contribution in [1.29, 1.82) is 0 Å². The van der Waals surface area contributed by atoms with Crippen LogP contribution in [0.25, 0.3) is 0 Å². The van der Waals surface area contributed by atoms with Gasteiger partial charge >= 0.3 is 0 Å². The number of rotatable bonds is 9. The molecule has 172 valence electrons.